The first-order valence-corrected chi connectivity index (χ1v) is 5.67. The van der Waals surface area contributed by atoms with Crippen LogP contribution in [0.5, 0.6) is 0 Å². The van der Waals surface area contributed by atoms with Gasteiger partial charge in [-0.25, -0.2) is 0 Å². The van der Waals surface area contributed by atoms with Crippen LogP contribution in [0.3, 0.4) is 0 Å². The maximum absolute atomic E-state index is 12.6. The molecule has 1 aromatic rings. The minimum absolute atomic E-state index is 0.00876. The van der Waals surface area contributed by atoms with Crippen molar-refractivity contribution in [3.05, 3.63) is 27.7 Å². The molecule has 0 saturated carbocycles. The second-order valence-corrected chi connectivity index (χ2v) is 4.60. The third-order valence-electron chi connectivity index (χ3n) is 1.96. The summed E-state index contributed by atoms with van der Waals surface area (Å²) in [4.78, 5) is 0. The van der Waals surface area contributed by atoms with Crippen molar-refractivity contribution < 1.29 is 26.3 Å². The molecule has 0 atom stereocenters. The Labute approximate surface area is 117 Å². The van der Waals surface area contributed by atoms with Gasteiger partial charge in [0.25, 0.3) is 0 Å². The lowest BCUT2D eigenvalue weighted by Gasteiger charge is -2.17. The summed E-state index contributed by atoms with van der Waals surface area (Å²) < 4.78 is 74.9. The van der Waals surface area contributed by atoms with Gasteiger partial charge in [0.2, 0.25) is 0 Å². The van der Waals surface area contributed by atoms with E-state index in [0.29, 0.717) is 6.07 Å². The quantitative estimate of drug-likeness (QED) is 0.579. The van der Waals surface area contributed by atoms with E-state index in [1.54, 1.807) is 0 Å². The van der Waals surface area contributed by atoms with Gasteiger partial charge in [0.05, 0.1) is 21.3 Å². The molecule has 0 amide bonds. The maximum Gasteiger partial charge on any atom is 0.417 e. The average Bonchev–Trinajstić information content (AvgIpc) is 2.16. The van der Waals surface area contributed by atoms with E-state index in [9.17, 15) is 26.3 Å². The zero-order valence-corrected chi connectivity index (χ0v) is 11.2. The van der Waals surface area contributed by atoms with E-state index in [2.05, 4.69) is 33.5 Å². The predicted octanol–water partition coefficient (Wildman–Crippen LogP) is 4.14. The zero-order valence-electron chi connectivity index (χ0n) is 8.79. The summed E-state index contributed by atoms with van der Waals surface area (Å²) in [6.45, 7) is 0. The smallest absolute Gasteiger partial charge is 0.376 e. The highest BCUT2D eigenvalue weighted by molar-refractivity contribution is 9.10. The molecule has 19 heavy (non-hydrogen) atoms. The van der Waals surface area contributed by atoms with E-state index in [1.807, 2.05) is 0 Å². The van der Waals surface area contributed by atoms with E-state index in [0.717, 1.165) is 0 Å². The Morgan fingerprint density at radius 2 is 1.63 bits per heavy atom. The van der Waals surface area contributed by atoms with Gasteiger partial charge >= 0.3 is 12.4 Å². The Morgan fingerprint density at radius 3 is 2.00 bits per heavy atom. The van der Waals surface area contributed by atoms with Crippen LogP contribution in [0.25, 0.3) is 0 Å². The van der Waals surface area contributed by atoms with Gasteiger partial charge in [-0.1, -0.05) is 0 Å². The summed E-state index contributed by atoms with van der Waals surface area (Å²) >= 11 is 6.98. The molecule has 2 nitrogen and oxygen atoms in total. The van der Waals surface area contributed by atoms with Crippen LogP contribution in [-0.4, -0.2) is 5.11 Å². The lowest BCUT2D eigenvalue weighted by atomic mass is 10.1. The molecule has 1 rings (SSSR count). The molecule has 0 bridgehead atoms. The third kappa shape index (κ3) is 3.96. The van der Waals surface area contributed by atoms with Crippen LogP contribution >= 0.6 is 28.1 Å². The minimum Gasteiger partial charge on any atom is -0.376 e. The number of nitrogens with one attached hydrogen (secondary N) is 1. The van der Waals surface area contributed by atoms with Crippen molar-refractivity contribution in [1.29, 1.82) is 0 Å². The molecule has 0 aliphatic carbocycles. The largest absolute Gasteiger partial charge is 0.417 e. The average molecular weight is 367 g/mol. The highest BCUT2D eigenvalue weighted by atomic mass is 79.9. The van der Waals surface area contributed by atoms with E-state index in [1.165, 1.54) is 0 Å². The zero-order chi connectivity index (χ0) is 15.0. The molecule has 0 heterocycles. The maximum atomic E-state index is 12.6. The number of anilines is 1. The second kappa shape index (κ2) is 5.16. The summed E-state index contributed by atoms with van der Waals surface area (Å²) in [6.07, 6.45) is -9.87. The predicted molar refractivity (Wildman–Crippen MR) is 64.6 cm³/mol. The van der Waals surface area contributed by atoms with Crippen molar-refractivity contribution in [1.82, 2.24) is 0 Å². The molecule has 0 fully saturated rings. The van der Waals surface area contributed by atoms with Gasteiger partial charge in [-0.2, -0.15) is 26.3 Å². The normalized spacial score (nSPS) is 12.4. The van der Waals surface area contributed by atoms with Crippen molar-refractivity contribution in [2.24, 2.45) is 5.73 Å². The first-order valence-electron chi connectivity index (χ1n) is 4.47. The SMILES string of the molecule is NC(=S)Nc1cc(C(F)(F)F)cc(C(F)(F)F)c1Br. The van der Waals surface area contributed by atoms with Crippen LogP contribution < -0.4 is 11.1 Å². The molecule has 0 saturated heterocycles. The van der Waals surface area contributed by atoms with E-state index >= 15 is 0 Å². The van der Waals surface area contributed by atoms with Gasteiger partial charge in [-0.05, 0) is 40.3 Å². The number of benzene rings is 1. The summed E-state index contributed by atoms with van der Waals surface area (Å²) in [5.41, 5.74) is 1.62. The number of hydrogen-bond donors (Lipinski definition) is 2. The Kier molecular flexibility index (Phi) is 4.35. The number of thiocarbonyl (C=S) groups is 1. The summed E-state index contributed by atoms with van der Waals surface area (Å²) in [5.74, 6) is 0. The topological polar surface area (TPSA) is 38.0 Å². The van der Waals surface area contributed by atoms with Crippen LogP contribution in [0, 0.1) is 0 Å². The fourth-order valence-corrected chi connectivity index (χ4v) is 1.88. The third-order valence-corrected chi connectivity index (χ3v) is 2.92. The molecular formula is C9H5BrF6N2S. The fourth-order valence-electron chi connectivity index (χ4n) is 1.22. The Morgan fingerprint density at radius 1 is 1.11 bits per heavy atom. The van der Waals surface area contributed by atoms with Gasteiger partial charge in [0.15, 0.2) is 5.11 Å². The van der Waals surface area contributed by atoms with Crippen molar-refractivity contribution in [3.63, 3.8) is 0 Å². The second-order valence-electron chi connectivity index (χ2n) is 3.37. The van der Waals surface area contributed by atoms with Crippen LogP contribution in [0.15, 0.2) is 16.6 Å². The van der Waals surface area contributed by atoms with E-state index in [-0.39, 0.29) is 6.07 Å². The molecule has 106 valence electrons. The number of hydrogen-bond acceptors (Lipinski definition) is 1. The van der Waals surface area contributed by atoms with Crippen LogP contribution in [0.2, 0.25) is 0 Å². The monoisotopic (exact) mass is 366 g/mol. The number of rotatable bonds is 1. The van der Waals surface area contributed by atoms with E-state index < -0.39 is 38.8 Å². The van der Waals surface area contributed by atoms with Crippen molar-refractivity contribution in [3.8, 4) is 0 Å². The molecule has 0 radical (unpaired) electrons. The molecule has 1 aromatic carbocycles. The molecule has 0 aromatic heterocycles. The van der Waals surface area contributed by atoms with Crippen molar-refractivity contribution in [2.75, 3.05) is 5.32 Å². The number of halogens is 7. The van der Waals surface area contributed by atoms with Crippen molar-refractivity contribution in [2.45, 2.75) is 12.4 Å². The highest BCUT2D eigenvalue weighted by Gasteiger charge is 2.39. The molecule has 0 aliphatic heterocycles. The van der Waals surface area contributed by atoms with Gasteiger partial charge in [-0.15, -0.1) is 0 Å². The molecule has 0 spiro atoms. The number of alkyl halides is 6. The van der Waals surface area contributed by atoms with Gasteiger partial charge in [0.1, 0.15) is 0 Å². The first kappa shape index (κ1) is 16.0. The first-order chi connectivity index (χ1) is 8.43. The summed E-state index contributed by atoms with van der Waals surface area (Å²) in [6, 6.07) is 0.493. The standard InChI is InChI=1S/C9H5BrF6N2S/c10-6-4(9(14,15)16)1-3(8(11,12)13)2-5(6)18-7(17)19/h1-2H,(H3,17,18,19). The molecule has 3 N–H and O–H groups in total. The lowest BCUT2D eigenvalue weighted by molar-refractivity contribution is -0.143. The molecule has 10 heteroatoms. The van der Waals surface area contributed by atoms with Gasteiger partial charge in [0, 0.05) is 0 Å². The van der Waals surface area contributed by atoms with Gasteiger partial charge < -0.3 is 11.1 Å². The molecular weight excluding hydrogens is 362 g/mol. The Hall–Kier alpha value is -1.03. The molecule has 0 unspecified atom stereocenters. The van der Waals surface area contributed by atoms with Crippen LogP contribution in [0.4, 0.5) is 32.0 Å². The van der Waals surface area contributed by atoms with Crippen molar-refractivity contribution >= 4 is 38.9 Å². The highest BCUT2D eigenvalue weighted by Crippen LogP contribution is 2.42. The number of nitrogens with two attached hydrogens (primary N) is 1. The summed E-state index contributed by atoms with van der Waals surface area (Å²) in [7, 11) is 0. The van der Waals surface area contributed by atoms with E-state index in [4.69, 9.17) is 5.73 Å². The van der Waals surface area contributed by atoms with Crippen LogP contribution in [-0.2, 0) is 12.4 Å². The Balaban J connectivity index is 3.52. The Bertz CT molecular complexity index is 511. The fraction of sp³-hybridized carbons (Fsp3) is 0.222. The molecule has 0 aliphatic rings. The minimum atomic E-state index is -4.95. The van der Waals surface area contributed by atoms with Crippen LogP contribution in [0.1, 0.15) is 11.1 Å². The summed E-state index contributed by atoms with van der Waals surface area (Å²) in [5, 5.41) is 1.61. The van der Waals surface area contributed by atoms with Gasteiger partial charge in [-0.3, -0.25) is 0 Å². The lowest BCUT2D eigenvalue weighted by Crippen LogP contribution is -2.21.